The van der Waals surface area contributed by atoms with Crippen molar-refractivity contribution in [2.75, 3.05) is 39.0 Å². The maximum absolute atomic E-state index is 13.2. The predicted octanol–water partition coefficient (Wildman–Crippen LogP) is 1.54. The van der Waals surface area contributed by atoms with Crippen molar-refractivity contribution in [3.8, 4) is 0 Å². The van der Waals surface area contributed by atoms with Crippen molar-refractivity contribution < 1.29 is 36.3 Å². The van der Waals surface area contributed by atoms with Crippen molar-refractivity contribution >= 4 is 33.2 Å². The summed E-state index contributed by atoms with van der Waals surface area (Å²) < 4.78 is 57.5. The molecule has 1 N–H and O–H groups in total. The number of hydrogen-bond acceptors (Lipinski definition) is 7. The molecular weight excluding hydrogens is 473 g/mol. The SMILES string of the molecule is CCS(=O)(=O)N1CCC2(CC1)C(=O)N(Cc1csc(C)n1)CCN2C.O=C(O)C(F)(F)F. The number of carboxylic acids is 1. The van der Waals surface area contributed by atoms with Gasteiger partial charge in [0.05, 0.1) is 23.0 Å². The first-order chi connectivity index (χ1) is 14.7. The Morgan fingerprint density at radius 1 is 1.25 bits per heavy atom. The average molecular weight is 501 g/mol. The first-order valence-corrected chi connectivity index (χ1v) is 12.4. The molecule has 0 radical (unpaired) electrons. The number of carbonyl (C=O) groups excluding carboxylic acids is 1. The maximum Gasteiger partial charge on any atom is 0.490 e. The minimum atomic E-state index is -5.08. The molecule has 0 bridgehead atoms. The first kappa shape index (κ1) is 26.5. The van der Waals surface area contributed by atoms with Crippen LogP contribution in [0.15, 0.2) is 5.38 Å². The second-order valence-electron chi connectivity index (χ2n) is 7.64. The minimum Gasteiger partial charge on any atom is -0.475 e. The van der Waals surface area contributed by atoms with Crippen LogP contribution >= 0.6 is 11.3 Å². The minimum absolute atomic E-state index is 0.110. The number of nitrogens with zero attached hydrogens (tertiary/aromatic N) is 4. The summed E-state index contributed by atoms with van der Waals surface area (Å²) in [5.74, 6) is -2.54. The summed E-state index contributed by atoms with van der Waals surface area (Å²) in [6, 6.07) is 0. The maximum atomic E-state index is 13.2. The second kappa shape index (κ2) is 10.0. The number of hydrogen-bond donors (Lipinski definition) is 1. The van der Waals surface area contributed by atoms with Gasteiger partial charge in [0.1, 0.15) is 5.54 Å². The molecule has 1 spiro atoms. The summed E-state index contributed by atoms with van der Waals surface area (Å²) in [7, 11) is -1.21. The van der Waals surface area contributed by atoms with Gasteiger partial charge in [0.2, 0.25) is 15.9 Å². The monoisotopic (exact) mass is 500 g/mol. The Balaban J connectivity index is 0.000000451. The summed E-state index contributed by atoms with van der Waals surface area (Å²) in [6.45, 7) is 6.47. The molecule has 0 aliphatic carbocycles. The summed E-state index contributed by atoms with van der Waals surface area (Å²) in [5.41, 5.74) is 0.352. The van der Waals surface area contributed by atoms with Crippen LogP contribution in [0.4, 0.5) is 13.2 Å². The fourth-order valence-electron chi connectivity index (χ4n) is 3.78. The molecule has 0 unspecified atom stereocenters. The molecule has 2 saturated heterocycles. The van der Waals surface area contributed by atoms with Crippen molar-refractivity contribution in [3.63, 3.8) is 0 Å². The van der Waals surface area contributed by atoms with Crippen molar-refractivity contribution in [1.29, 1.82) is 0 Å². The van der Waals surface area contributed by atoms with Crippen LogP contribution in [-0.4, -0.2) is 95.2 Å². The van der Waals surface area contributed by atoms with Crippen LogP contribution in [0, 0.1) is 6.92 Å². The van der Waals surface area contributed by atoms with E-state index in [2.05, 4.69) is 9.88 Å². The summed E-state index contributed by atoms with van der Waals surface area (Å²) in [5, 5.41) is 10.1. The smallest absolute Gasteiger partial charge is 0.475 e. The summed E-state index contributed by atoms with van der Waals surface area (Å²) in [6.07, 6.45) is -3.98. The van der Waals surface area contributed by atoms with E-state index in [1.807, 2.05) is 24.3 Å². The number of carboxylic acid groups (broad SMARTS) is 1. The summed E-state index contributed by atoms with van der Waals surface area (Å²) in [4.78, 5) is 30.6. The van der Waals surface area contributed by atoms with E-state index in [0.29, 0.717) is 39.0 Å². The second-order valence-corrected chi connectivity index (χ2v) is 11.0. The number of piperidine rings is 1. The van der Waals surface area contributed by atoms with Crippen LogP contribution in [0.3, 0.4) is 0 Å². The largest absolute Gasteiger partial charge is 0.490 e. The lowest BCUT2D eigenvalue weighted by atomic mass is 9.83. The van der Waals surface area contributed by atoms with Crippen molar-refractivity contribution in [2.45, 2.75) is 44.9 Å². The van der Waals surface area contributed by atoms with Crippen LogP contribution in [-0.2, 0) is 26.2 Å². The molecule has 1 aromatic heterocycles. The number of aliphatic carboxylic acids is 1. The molecule has 1 aromatic rings. The zero-order valence-corrected chi connectivity index (χ0v) is 19.7. The van der Waals surface area contributed by atoms with Gasteiger partial charge >= 0.3 is 12.1 Å². The quantitative estimate of drug-likeness (QED) is 0.668. The Bertz CT molecular complexity index is 927. The number of likely N-dealkylation sites (N-methyl/N-ethyl adjacent to an activating group) is 1. The van der Waals surface area contributed by atoms with Crippen LogP contribution < -0.4 is 0 Å². The predicted molar refractivity (Wildman–Crippen MR) is 112 cm³/mol. The molecule has 182 valence electrons. The van der Waals surface area contributed by atoms with Crippen LogP contribution in [0.5, 0.6) is 0 Å². The summed E-state index contributed by atoms with van der Waals surface area (Å²) >= 11 is 1.59. The molecule has 3 heterocycles. The van der Waals surface area contributed by atoms with E-state index < -0.39 is 27.7 Å². The van der Waals surface area contributed by atoms with E-state index in [0.717, 1.165) is 17.2 Å². The van der Waals surface area contributed by atoms with Gasteiger partial charge in [-0.1, -0.05) is 0 Å². The lowest BCUT2D eigenvalue weighted by Crippen LogP contribution is -2.67. The van der Waals surface area contributed by atoms with E-state index in [1.165, 1.54) is 4.31 Å². The van der Waals surface area contributed by atoms with Crippen LogP contribution in [0.1, 0.15) is 30.5 Å². The number of alkyl halides is 3. The fraction of sp³-hybridized carbons (Fsp3) is 0.722. The zero-order valence-electron chi connectivity index (χ0n) is 18.1. The first-order valence-electron chi connectivity index (χ1n) is 9.92. The number of aryl methyl sites for hydroxylation is 1. The Morgan fingerprint density at radius 2 is 1.81 bits per heavy atom. The number of rotatable bonds is 4. The van der Waals surface area contributed by atoms with Gasteiger partial charge in [0.25, 0.3) is 0 Å². The van der Waals surface area contributed by atoms with Gasteiger partial charge in [0.15, 0.2) is 0 Å². The topological polar surface area (TPSA) is 111 Å². The molecule has 3 rings (SSSR count). The highest BCUT2D eigenvalue weighted by Crippen LogP contribution is 2.34. The molecule has 9 nitrogen and oxygen atoms in total. The van der Waals surface area contributed by atoms with Gasteiger partial charge in [-0.05, 0) is 33.7 Å². The Hall–Kier alpha value is -1.77. The van der Waals surface area contributed by atoms with Gasteiger partial charge < -0.3 is 10.0 Å². The van der Waals surface area contributed by atoms with Crippen molar-refractivity contribution in [3.05, 3.63) is 16.1 Å². The molecule has 32 heavy (non-hydrogen) atoms. The average Bonchev–Trinajstić information content (AvgIpc) is 3.13. The number of carbonyl (C=O) groups is 2. The van der Waals surface area contributed by atoms with Crippen molar-refractivity contribution in [1.82, 2.24) is 19.1 Å². The van der Waals surface area contributed by atoms with Gasteiger partial charge in [0, 0.05) is 31.6 Å². The highest BCUT2D eigenvalue weighted by Gasteiger charge is 2.50. The molecular formula is C18H27F3N4O5S2. The molecule has 0 saturated carbocycles. The lowest BCUT2D eigenvalue weighted by molar-refractivity contribution is -0.192. The zero-order chi connectivity index (χ0) is 24.3. The number of halogens is 3. The Labute approximate surface area is 188 Å². The third-order valence-electron chi connectivity index (χ3n) is 5.69. The van der Waals surface area contributed by atoms with E-state index >= 15 is 0 Å². The molecule has 2 aliphatic rings. The van der Waals surface area contributed by atoms with E-state index in [9.17, 15) is 26.4 Å². The lowest BCUT2D eigenvalue weighted by Gasteiger charge is -2.51. The normalized spacial score (nSPS) is 20.2. The van der Waals surface area contributed by atoms with E-state index in [-0.39, 0.29) is 11.7 Å². The third-order valence-corrected chi connectivity index (χ3v) is 8.39. The van der Waals surface area contributed by atoms with E-state index in [4.69, 9.17) is 9.90 Å². The Kier molecular flexibility index (Phi) is 8.29. The van der Waals surface area contributed by atoms with Crippen molar-refractivity contribution in [2.24, 2.45) is 0 Å². The molecule has 0 aromatic carbocycles. The third kappa shape index (κ3) is 5.97. The van der Waals surface area contributed by atoms with Gasteiger partial charge in [-0.15, -0.1) is 11.3 Å². The fourth-order valence-corrected chi connectivity index (χ4v) is 5.49. The van der Waals surface area contributed by atoms with Gasteiger partial charge in [-0.25, -0.2) is 22.5 Å². The molecule has 0 atom stereocenters. The van der Waals surface area contributed by atoms with E-state index in [1.54, 1.807) is 18.3 Å². The highest BCUT2D eigenvalue weighted by molar-refractivity contribution is 7.89. The number of thiazole rings is 1. The molecule has 1 amide bonds. The number of sulfonamides is 1. The standard InChI is InChI=1S/C16H26N4O3S2.C2HF3O2/c1-4-25(22,23)20-7-5-16(6-8-20)15(21)19(10-9-18(16)3)11-14-12-24-13(2)17-14;3-2(4,5)1(6)7/h12H,4-11H2,1-3H3;(H,6,7). The number of amides is 1. The highest BCUT2D eigenvalue weighted by atomic mass is 32.2. The molecule has 2 fully saturated rings. The van der Waals surface area contributed by atoms with Gasteiger partial charge in [-0.3, -0.25) is 9.69 Å². The number of aromatic nitrogens is 1. The van der Waals surface area contributed by atoms with Crippen LogP contribution in [0.2, 0.25) is 0 Å². The Morgan fingerprint density at radius 3 is 2.25 bits per heavy atom. The van der Waals surface area contributed by atoms with Gasteiger partial charge in [-0.2, -0.15) is 13.2 Å². The van der Waals surface area contributed by atoms with Crippen LogP contribution in [0.25, 0.3) is 0 Å². The number of piperazine rings is 1. The molecule has 2 aliphatic heterocycles. The molecule has 14 heteroatoms.